The van der Waals surface area contributed by atoms with Crippen molar-refractivity contribution in [1.29, 1.82) is 0 Å². The second-order valence-corrected chi connectivity index (χ2v) is 6.07. The quantitative estimate of drug-likeness (QED) is 0.703. The van der Waals surface area contributed by atoms with Crippen LogP contribution >= 0.6 is 0 Å². The molecule has 0 aliphatic carbocycles. The first kappa shape index (κ1) is 18.7. The lowest BCUT2D eigenvalue weighted by Crippen LogP contribution is -2.33. The topological polar surface area (TPSA) is 89.1 Å². The van der Waals surface area contributed by atoms with Crippen LogP contribution in [-0.4, -0.2) is 56.7 Å². The van der Waals surface area contributed by atoms with Crippen LogP contribution in [0, 0.1) is 0 Å². The van der Waals surface area contributed by atoms with Crippen molar-refractivity contribution in [3.63, 3.8) is 0 Å². The van der Waals surface area contributed by atoms with Crippen LogP contribution in [-0.2, 0) is 7.05 Å². The van der Waals surface area contributed by atoms with Gasteiger partial charge >= 0.3 is 0 Å². The highest BCUT2D eigenvalue weighted by atomic mass is 16.5. The molecule has 0 spiro atoms. The molecule has 3 aromatic rings. The lowest BCUT2D eigenvalue weighted by Gasteiger charge is -2.17. The number of fused-ring (bicyclic) bond motifs is 1. The van der Waals surface area contributed by atoms with E-state index in [4.69, 9.17) is 9.84 Å². The molecule has 1 aromatic carbocycles. The molecule has 0 radical (unpaired) electrons. The zero-order valence-corrected chi connectivity index (χ0v) is 15.5. The molecular weight excluding hydrogens is 348 g/mol. The molecule has 1 amide bonds. The smallest absolute Gasteiger partial charge is 0.294 e. The van der Waals surface area contributed by atoms with E-state index in [1.807, 2.05) is 31.2 Å². The van der Waals surface area contributed by atoms with Crippen LogP contribution < -0.4 is 10.3 Å². The van der Waals surface area contributed by atoms with Crippen molar-refractivity contribution in [2.24, 2.45) is 7.05 Å². The predicted octanol–water partition coefficient (Wildman–Crippen LogP) is 1.16. The summed E-state index contributed by atoms with van der Waals surface area (Å²) in [6.45, 7) is 2.36. The van der Waals surface area contributed by atoms with Crippen molar-refractivity contribution in [3.05, 3.63) is 52.7 Å². The largest absolute Gasteiger partial charge is 0.497 e. The van der Waals surface area contributed by atoms with E-state index in [1.54, 1.807) is 31.0 Å². The first-order valence-electron chi connectivity index (χ1n) is 8.63. The summed E-state index contributed by atoms with van der Waals surface area (Å²) in [7, 11) is 3.26. The summed E-state index contributed by atoms with van der Waals surface area (Å²) in [5.74, 6) is 0.409. The lowest BCUT2D eigenvalue weighted by molar-refractivity contribution is 0.0727. The van der Waals surface area contributed by atoms with Crippen molar-refractivity contribution < 1.29 is 14.6 Å². The van der Waals surface area contributed by atoms with E-state index in [1.165, 1.54) is 9.47 Å². The average molecular weight is 370 g/mol. The molecule has 8 nitrogen and oxygen atoms in total. The number of aliphatic hydroxyl groups is 1. The minimum absolute atomic E-state index is 0.129. The number of benzene rings is 1. The Balaban J connectivity index is 2.08. The van der Waals surface area contributed by atoms with Crippen molar-refractivity contribution in [3.8, 4) is 17.0 Å². The molecule has 0 aliphatic heterocycles. The van der Waals surface area contributed by atoms with Gasteiger partial charge in [-0.2, -0.15) is 0 Å². The van der Waals surface area contributed by atoms with Crippen LogP contribution in [0.1, 0.15) is 17.4 Å². The fourth-order valence-corrected chi connectivity index (χ4v) is 2.95. The molecular formula is C19H22N4O4. The SMILES string of the molecule is CCN(CCO)C(=O)c1cn2cc(-c3ccc(OC)cc3)n(C)c(=O)c2n1. The number of hydrogen-bond donors (Lipinski definition) is 1. The normalized spacial score (nSPS) is 11.0. The van der Waals surface area contributed by atoms with Gasteiger partial charge in [-0.25, -0.2) is 4.98 Å². The summed E-state index contributed by atoms with van der Waals surface area (Å²) in [6.07, 6.45) is 3.32. The first-order valence-corrected chi connectivity index (χ1v) is 8.63. The fourth-order valence-electron chi connectivity index (χ4n) is 2.95. The van der Waals surface area contributed by atoms with E-state index < -0.39 is 0 Å². The summed E-state index contributed by atoms with van der Waals surface area (Å²) >= 11 is 0. The van der Waals surface area contributed by atoms with E-state index >= 15 is 0 Å². The van der Waals surface area contributed by atoms with Gasteiger partial charge in [0.25, 0.3) is 11.5 Å². The zero-order chi connectivity index (χ0) is 19.6. The average Bonchev–Trinajstić information content (AvgIpc) is 3.13. The number of methoxy groups -OCH3 is 1. The number of imidazole rings is 1. The molecule has 0 fully saturated rings. The van der Waals surface area contributed by atoms with Crippen molar-refractivity contribution >= 4 is 11.6 Å². The van der Waals surface area contributed by atoms with E-state index in [0.717, 1.165) is 11.3 Å². The van der Waals surface area contributed by atoms with Gasteiger partial charge in [-0.1, -0.05) is 0 Å². The van der Waals surface area contributed by atoms with Crippen LogP contribution in [0.2, 0.25) is 0 Å². The molecule has 2 aromatic heterocycles. The Labute approximate surface area is 156 Å². The maximum atomic E-state index is 12.7. The maximum Gasteiger partial charge on any atom is 0.294 e. The van der Waals surface area contributed by atoms with Crippen LogP contribution in [0.15, 0.2) is 41.5 Å². The number of aliphatic hydroxyl groups excluding tert-OH is 1. The van der Waals surface area contributed by atoms with Gasteiger partial charge in [-0.05, 0) is 31.2 Å². The Hall–Kier alpha value is -3.13. The van der Waals surface area contributed by atoms with E-state index in [2.05, 4.69) is 4.98 Å². The Morgan fingerprint density at radius 1 is 1.26 bits per heavy atom. The van der Waals surface area contributed by atoms with Gasteiger partial charge in [0.05, 0.1) is 19.4 Å². The zero-order valence-electron chi connectivity index (χ0n) is 15.5. The number of carbonyl (C=O) groups is 1. The number of nitrogens with zero attached hydrogens (tertiary/aromatic N) is 4. The van der Waals surface area contributed by atoms with E-state index in [0.29, 0.717) is 12.2 Å². The molecule has 142 valence electrons. The molecule has 1 N–H and O–H groups in total. The Morgan fingerprint density at radius 2 is 1.96 bits per heavy atom. The monoisotopic (exact) mass is 370 g/mol. The minimum atomic E-state index is -0.316. The van der Waals surface area contributed by atoms with Crippen LogP contribution in [0.3, 0.4) is 0 Å². The molecule has 0 bridgehead atoms. The Morgan fingerprint density at radius 3 is 2.56 bits per heavy atom. The number of rotatable bonds is 6. The van der Waals surface area contributed by atoms with Gasteiger partial charge in [0.15, 0.2) is 0 Å². The Bertz CT molecular complexity index is 1020. The second-order valence-electron chi connectivity index (χ2n) is 6.07. The molecule has 3 rings (SSSR count). The van der Waals surface area contributed by atoms with E-state index in [9.17, 15) is 9.59 Å². The van der Waals surface area contributed by atoms with Gasteiger partial charge in [-0.15, -0.1) is 0 Å². The number of amides is 1. The minimum Gasteiger partial charge on any atom is -0.497 e. The van der Waals surface area contributed by atoms with Crippen LogP contribution in [0.25, 0.3) is 16.9 Å². The summed E-state index contributed by atoms with van der Waals surface area (Å²) in [5.41, 5.74) is 1.59. The fraction of sp³-hybridized carbons (Fsp3) is 0.316. The van der Waals surface area contributed by atoms with Crippen LogP contribution in [0.5, 0.6) is 5.75 Å². The molecule has 27 heavy (non-hydrogen) atoms. The molecule has 0 unspecified atom stereocenters. The number of aromatic nitrogens is 3. The third-order valence-electron chi connectivity index (χ3n) is 4.49. The highest BCUT2D eigenvalue weighted by Gasteiger charge is 2.19. The number of hydrogen-bond acceptors (Lipinski definition) is 5. The summed E-state index contributed by atoms with van der Waals surface area (Å²) in [6, 6.07) is 7.37. The van der Waals surface area contributed by atoms with Crippen LogP contribution in [0.4, 0.5) is 0 Å². The first-order chi connectivity index (χ1) is 13.0. The predicted molar refractivity (Wildman–Crippen MR) is 101 cm³/mol. The number of likely N-dealkylation sites (N-methyl/N-ethyl adjacent to an activating group) is 1. The molecule has 0 aliphatic rings. The van der Waals surface area contributed by atoms with Gasteiger partial charge in [0.2, 0.25) is 5.65 Å². The molecule has 0 saturated heterocycles. The third kappa shape index (κ3) is 3.43. The van der Waals surface area contributed by atoms with Gasteiger partial charge in [0, 0.05) is 38.1 Å². The maximum absolute atomic E-state index is 12.7. The molecule has 8 heteroatoms. The summed E-state index contributed by atoms with van der Waals surface area (Å²) in [4.78, 5) is 31.0. The van der Waals surface area contributed by atoms with Gasteiger partial charge < -0.3 is 19.3 Å². The van der Waals surface area contributed by atoms with E-state index in [-0.39, 0.29) is 36.0 Å². The standard InChI is InChI=1S/C19H22N4O4/c1-4-22(9-10-24)18(25)15-11-23-12-16(21(2)19(26)17(23)20-15)13-5-7-14(27-3)8-6-13/h5-8,11-12,24H,4,9-10H2,1-3H3. The summed E-state index contributed by atoms with van der Waals surface area (Å²) in [5, 5.41) is 9.10. The van der Waals surface area contributed by atoms with Gasteiger partial charge in [0.1, 0.15) is 11.4 Å². The third-order valence-corrected chi connectivity index (χ3v) is 4.49. The van der Waals surface area contributed by atoms with Crippen molar-refractivity contribution in [1.82, 2.24) is 18.9 Å². The summed E-state index contributed by atoms with van der Waals surface area (Å²) < 4.78 is 8.24. The highest BCUT2D eigenvalue weighted by Crippen LogP contribution is 2.21. The van der Waals surface area contributed by atoms with Crippen molar-refractivity contribution in [2.45, 2.75) is 6.92 Å². The second kappa shape index (κ2) is 7.63. The highest BCUT2D eigenvalue weighted by molar-refractivity contribution is 5.93. The molecule has 0 saturated carbocycles. The Kier molecular flexibility index (Phi) is 5.27. The molecule has 2 heterocycles. The van der Waals surface area contributed by atoms with Gasteiger partial charge in [-0.3, -0.25) is 14.0 Å². The number of ether oxygens (including phenoxy) is 1. The van der Waals surface area contributed by atoms with Crippen molar-refractivity contribution in [2.75, 3.05) is 26.8 Å². The molecule has 0 atom stereocenters. The number of carbonyl (C=O) groups excluding carboxylic acids is 1. The lowest BCUT2D eigenvalue weighted by atomic mass is 10.1.